The number of H-pyrrole nitrogens is 1. The van der Waals surface area contributed by atoms with Crippen LogP contribution in [0.2, 0.25) is 0 Å². The summed E-state index contributed by atoms with van der Waals surface area (Å²) in [5.41, 5.74) is 1.20. The van der Waals surface area contributed by atoms with E-state index < -0.39 is 0 Å². The molecular formula is C20H26FN3O. The lowest BCUT2D eigenvalue weighted by Crippen LogP contribution is -2.45. The summed E-state index contributed by atoms with van der Waals surface area (Å²) < 4.78 is 13.9. The van der Waals surface area contributed by atoms with Crippen molar-refractivity contribution in [2.75, 3.05) is 26.2 Å². The van der Waals surface area contributed by atoms with Crippen molar-refractivity contribution in [2.45, 2.75) is 44.6 Å². The van der Waals surface area contributed by atoms with Crippen LogP contribution in [-0.2, 0) is 0 Å². The van der Waals surface area contributed by atoms with Gasteiger partial charge in [-0.3, -0.25) is 4.79 Å². The third-order valence-corrected chi connectivity index (χ3v) is 5.71. The van der Waals surface area contributed by atoms with Gasteiger partial charge >= 0.3 is 0 Å². The van der Waals surface area contributed by atoms with E-state index in [1.807, 2.05) is 11.0 Å². The number of benzene rings is 1. The molecule has 0 saturated carbocycles. The number of hydrogen-bond donors (Lipinski definition) is 1. The van der Waals surface area contributed by atoms with Crippen LogP contribution in [0.3, 0.4) is 0 Å². The average Bonchev–Trinajstić information content (AvgIpc) is 3.30. The van der Waals surface area contributed by atoms with Gasteiger partial charge in [-0.05, 0) is 69.8 Å². The molecule has 0 aliphatic carbocycles. The Hall–Kier alpha value is -1.88. The van der Waals surface area contributed by atoms with Crippen molar-refractivity contribution in [3.8, 4) is 0 Å². The van der Waals surface area contributed by atoms with Crippen molar-refractivity contribution in [1.29, 1.82) is 0 Å². The van der Waals surface area contributed by atoms with Crippen molar-refractivity contribution in [3.05, 3.63) is 35.8 Å². The largest absolute Gasteiger partial charge is 0.350 e. The number of rotatable bonds is 4. The van der Waals surface area contributed by atoms with Crippen LogP contribution in [0.15, 0.2) is 24.3 Å². The Balaban J connectivity index is 1.50. The fourth-order valence-electron chi connectivity index (χ4n) is 4.29. The molecule has 134 valence electrons. The molecule has 1 aromatic heterocycles. The van der Waals surface area contributed by atoms with Crippen LogP contribution < -0.4 is 0 Å². The molecule has 0 spiro atoms. The van der Waals surface area contributed by atoms with E-state index in [-0.39, 0.29) is 11.7 Å². The molecule has 2 fully saturated rings. The maximum atomic E-state index is 13.9. The molecule has 1 N–H and O–H groups in total. The van der Waals surface area contributed by atoms with Crippen LogP contribution in [0.4, 0.5) is 4.39 Å². The summed E-state index contributed by atoms with van der Waals surface area (Å²) in [6.07, 6.45) is 6.96. The van der Waals surface area contributed by atoms with Crippen molar-refractivity contribution in [2.24, 2.45) is 0 Å². The van der Waals surface area contributed by atoms with Crippen molar-refractivity contribution in [1.82, 2.24) is 14.8 Å². The summed E-state index contributed by atoms with van der Waals surface area (Å²) in [4.78, 5) is 20.7. The maximum absolute atomic E-state index is 13.9. The molecule has 25 heavy (non-hydrogen) atoms. The number of fused-ring (bicyclic) bond motifs is 1. The Morgan fingerprint density at radius 2 is 1.96 bits per heavy atom. The lowest BCUT2D eigenvalue weighted by Gasteiger charge is -2.36. The number of nitrogens with zero attached hydrogens (tertiary/aromatic N) is 2. The second-order valence-electron chi connectivity index (χ2n) is 7.37. The molecule has 0 radical (unpaired) electrons. The highest BCUT2D eigenvalue weighted by Gasteiger charge is 2.29. The zero-order chi connectivity index (χ0) is 17.2. The number of carbonyl (C=O) groups is 1. The van der Waals surface area contributed by atoms with E-state index in [1.54, 1.807) is 12.1 Å². The molecule has 2 saturated heterocycles. The predicted molar refractivity (Wildman–Crippen MR) is 97.2 cm³/mol. The van der Waals surface area contributed by atoms with E-state index in [0.29, 0.717) is 22.6 Å². The Labute approximate surface area is 148 Å². The number of hydrogen-bond acceptors (Lipinski definition) is 2. The van der Waals surface area contributed by atoms with E-state index in [0.717, 1.165) is 32.4 Å². The fourth-order valence-corrected chi connectivity index (χ4v) is 4.29. The zero-order valence-electron chi connectivity index (χ0n) is 14.6. The summed E-state index contributed by atoms with van der Waals surface area (Å²) >= 11 is 0. The molecule has 2 aliphatic heterocycles. The number of aromatic nitrogens is 1. The number of halogens is 1. The van der Waals surface area contributed by atoms with Gasteiger partial charge in [0, 0.05) is 30.0 Å². The van der Waals surface area contributed by atoms with Gasteiger partial charge in [0.25, 0.3) is 5.91 Å². The molecule has 3 heterocycles. The first-order chi connectivity index (χ1) is 12.2. The third-order valence-electron chi connectivity index (χ3n) is 5.71. The molecule has 5 heteroatoms. The number of amides is 1. The van der Waals surface area contributed by atoms with Crippen LogP contribution >= 0.6 is 0 Å². The van der Waals surface area contributed by atoms with Gasteiger partial charge in [0.05, 0.1) is 0 Å². The Morgan fingerprint density at radius 3 is 2.76 bits per heavy atom. The van der Waals surface area contributed by atoms with Crippen molar-refractivity contribution < 1.29 is 9.18 Å². The Bertz CT molecular complexity index is 750. The first kappa shape index (κ1) is 16.6. The molecule has 1 aromatic carbocycles. The monoisotopic (exact) mass is 343 g/mol. The number of piperidine rings is 1. The molecule has 0 unspecified atom stereocenters. The highest BCUT2D eigenvalue weighted by Crippen LogP contribution is 2.25. The molecule has 2 aromatic rings. The maximum Gasteiger partial charge on any atom is 0.270 e. The van der Waals surface area contributed by atoms with Gasteiger partial charge in [-0.15, -0.1) is 0 Å². The normalized spacial score (nSPS) is 22.0. The van der Waals surface area contributed by atoms with Gasteiger partial charge < -0.3 is 14.8 Å². The molecule has 1 amide bonds. The minimum Gasteiger partial charge on any atom is -0.350 e. The number of carbonyl (C=O) groups excluding carboxylic acids is 1. The molecule has 4 nitrogen and oxygen atoms in total. The summed E-state index contributed by atoms with van der Waals surface area (Å²) in [6, 6.07) is 6.89. The Morgan fingerprint density at radius 1 is 1.16 bits per heavy atom. The summed E-state index contributed by atoms with van der Waals surface area (Å²) in [7, 11) is 0. The number of nitrogens with one attached hydrogen (secondary N) is 1. The van der Waals surface area contributed by atoms with Crippen LogP contribution in [0.5, 0.6) is 0 Å². The summed E-state index contributed by atoms with van der Waals surface area (Å²) in [5, 5.41) is 0.497. The minimum absolute atomic E-state index is 0.0155. The topological polar surface area (TPSA) is 39.3 Å². The highest BCUT2D eigenvalue weighted by molar-refractivity contribution is 5.98. The van der Waals surface area contributed by atoms with Crippen LogP contribution in [0, 0.1) is 5.82 Å². The predicted octanol–water partition coefficient (Wildman–Crippen LogP) is 3.79. The number of aromatic amines is 1. The van der Waals surface area contributed by atoms with Crippen LogP contribution in [0.1, 0.15) is 49.0 Å². The first-order valence-corrected chi connectivity index (χ1v) is 9.53. The van der Waals surface area contributed by atoms with Gasteiger partial charge in [-0.1, -0.05) is 6.07 Å². The molecule has 4 rings (SSSR count). The van der Waals surface area contributed by atoms with E-state index in [1.165, 1.54) is 38.4 Å². The lowest BCUT2D eigenvalue weighted by atomic mass is 9.98. The van der Waals surface area contributed by atoms with Gasteiger partial charge in [-0.2, -0.15) is 0 Å². The van der Waals surface area contributed by atoms with Crippen LogP contribution in [-0.4, -0.2) is 52.9 Å². The SMILES string of the molecule is O=C(c1cc2c(F)cccc2[nH]1)N1CCCC[C@H]1CCN1CCCC1. The van der Waals surface area contributed by atoms with Gasteiger partial charge in [0.15, 0.2) is 0 Å². The van der Waals surface area contributed by atoms with E-state index in [2.05, 4.69) is 9.88 Å². The fraction of sp³-hybridized carbons (Fsp3) is 0.550. The first-order valence-electron chi connectivity index (χ1n) is 9.53. The number of likely N-dealkylation sites (tertiary alicyclic amines) is 2. The van der Waals surface area contributed by atoms with E-state index >= 15 is 0 Å². The summed E-state index contributed by atoms with van der Waals surface area (Å²) in [6.45, 7) is 4.28. The standard InChI is InChI=1S/C20H26FN3O/c21-17-7-5-8-18-16(17)14-19(22-18)20(25)24-12-2-1-6-15(24)9-13-23-10-3-4-11-23/h5,7-8,14-15,22H,1-4,6,9-13H2/t15-/m0/s1. The Kier molecular flexibility index (Phi) is 4.75. The second-order valence-corrected chi connectivity index (χ2v) is 7.37. The molecule has 1 atom stereocenters. The zero-order valence-corrected chi connectivity index (χ0v) is 14.6. The minimum atomic E-state index is -0.281. The average molecular weight is 343 g/mol. The van der Waals surface area contributed by atoms with E-state index in [4.69, 9.17) is 0 Å². The van der Waals surface area contributed by atoms with Crippen LogP contribution in [0.25, 0.3) is 10.9 Å². The molecule has 0 bridgehead atoms. The van der Waals surface area contributed by atoms with E-state index in [9.17, 15) is 9.18 Å². The quantitative estimate of drug-likeness (QED) is 0.917. The van der Waals surface area contributed by atoms with Gasteiger partial charge in [-0.25, -0.2) is 4.39 Å². The second kappa shape index (κ2) is 7.16. The van der Waals surface area contributed by atoms with Crippen molar-refractivity contribution >= 4 is 16.8 Å². The van der Waals surface area contributed by atoms with Gasteiger partial charge in [0.2, 0.25) is 0 Å². The summed E-state index contributed by atoms with van der Waals surface area (Å²) in [5.74, 6) is -0.265. The van der Waals surface area contributed by atoms with Gasteiger partial charge in [0.1, 0.15) is 11.5 Å². The molecule has 2 aliphatic rings. The lowest BCUT2D eigenvalue weighted by molar-refractivity contribution is 0.0583. The third kappa shape index (κ3) is 3.43. The highest BCUT2D eigenvalue weighted by atomic mass is 19.1. The smallest absolute Gasteiger partial charge is 0.270 e. The molecular weight excluding hydrogens is 317 g/mol. The van der Waals surface area contributed by atoms with Crippen molar-refractivity contribution in [3.63, 3.8) is 0 Å².